The molecule has 2 rings (SSSR count). The van der Waals surface area contributed by atoms with E-state index in [9.17, 15) is 9.59 Å². The van der Waals surface area contributed by atoms with Crippen molar-refractivity contribution >= 4 is 5.91 Å². The second kappa shape index (κ2) is 7.26. The topological polar surface area (TPSA) is 82.6 Å². The molecule has 1 aliphatic rings. The maximum Gasteiger partial charge on any atom is 0.225 e. The number of piperidine rings is 1. The SMILES string of the molecule is CC1CCN(C(=O)CCOc2c[nH]c(CO)cc2=O)CC1. The lowest BCUT2D eigenvalue weighted by molar-refractivity contribution is -0.133. The summed E-state index contributed by atoms with van der Waals surface area (Å²) in [6, 6.07) is 1.29. The number of rotatable bonds is 5. The van der Waals surface area contributed by atoms with E-state index in [1.54, 1.807) is 0 Å². The molecule has 0 bridgehead atoms. The van der Waals surface area contributed by atoms with Gasteiger partial charge >= 0.3 is 0 Å². The first-order valence-electron chi connectivity index (χ1n) is 7.33. The largest absolute Gasteiger partial charge is 0.487 e. The number of hydrogen-bond acceptors (Lipinski definition) is 4. The standard InChI is InChI=1S/C15H22N2O4/c1-11-2-5-17(6-3-11)15(20)4-7-21-14-9-16-12(10-18)8-13(14)19/h8-9,11,18H,2-7,10H2,1H3,(H,16,19). The molecule has 2 heterocycles. The van der Waals surface area contributed by atoms with Crippen molar-refractivity contribution in [3.63, 3.8) is 0 Å². The Balaban J connectivity index is 1.79. The summed E-state index contributed by atoms with van der Waals surface area (Å²) in [5.41, 5.74) is 0.142. The lowest BCUT2D eigenvalue weighted by Gasteiger charge is -2.30. The maximum absolute atomic E-state index is 12.0. The number of pyridine rings is 1. The third kappa shape index (κ3) is 4.32. The van der Waals surface area contributed by atoms with E-state index in [1.165, 1.54) is 12.3 Å². The van der Waals surface area contributed by atoms with Crippen molar-refractivity contribution in [3.8, 4) is 5.75 Å². The van der Waals surface area contributed by atoms with Gasteiger partial charge < -0.3 is 19.7 Å². The molecule has 2 N–H and O–H groups in total. The molecule has 6 heteroatoms. The van der Waals surface area contributed by atoms with Crippen molar-refractivity contribution in [1.82, 2.24) is 9.88 Å². The number of aromatic amines is 1. The van der Waals surface area contributed by atoms with Crippen LogP contribution in [0.4, 0.5) is 0 Å². The average Bonchev–Trinajstić information content (AvgIpc) is 2.49. The molecule has 1 amide bonds. The van der Waals surface area contributed by atoms with Crippen LogP contribution in [0.1, 0.15) is 31.9 Å². The Labute approximate surface area is 123 Å². The molecule has 0 spiro atoms. The van der Waals surface area contributed by atoms with Gasteiger partial charge in [-0.15, -0.1) is 0 Å². The molecule has 116 valence electrons. The zero-order chi connectivity index (χ0) is 15.2. The Hall–Kier alpha value is -1.82. The van der Waals surface area contributed by atoms with Crippen LogP contribution in [0.2, 0.25) is 0 Å². The molecule has 0 aromatic carbocycles. The first-order valence-corrected chi connectivity index (χ1v) is 7.33. The maximum atomic E-state index is 12.0. The molecular weight excluding hydrogens is 272 g/mol. The minimum atomic E-state index is -0.294. The van der Waals surface area contributed by atoms with Crippen molar-refractivity contribution in [2.45, 2.75) is 32.8 Å². The van der Waals surface area contributed by atoms with E-state index < -0.39 is 0 Å². The molecule has 6 nitrogen and oxygen atoms in total. The number of nitrogens with one attached hydrogen (secondary N) is 1. The zero-order valence-corrected chi connectivity index (χ0v) is 12.3. The van der Waals surface area contributed by atoms with Gasteiger partial charge in [0.1, 0.15) is 0 Å². The summed E-state index contributed by atoms with van der Waals surface area (Å²) in [7, 11) is 0. The van der Waals surface area contributed by atoms with E-state index in [4.69, 9.17) is 9.84 Å². The average molecular weight is 294 g/mol. The van der Waals surface area contributed by atoms with E-state index >= 15 is 0 Å². The van der Waals surface area contributed by atoms with Crippen molar-refractivity contribution in [2.75, 3.05) is 19.7 Å². The normalized spacial score (nSPS) is 16.0. The molecular formula is C15H22N2O4. The van der Waals surface area contributed by atoms with Crippen LogP contribution in [0.15, 0.2) is 17.1 Å². The summed E-state index contributed by atoms with van der Waals surface area (Å²) < 4.78 is 5.35. The fourth-order valence-corrected chi connectivity index (χ4v) is 2.37. The van der Waals surface area contributed by atoms with Crippen LogP contribution >= 0.6 is 0 Å². The number of nitrogens with zero attached hydrogens (tertiary/aromatic N) is 1. The lowest BCUT2D eigenvalue weighted by Crippen LogP contribution is -2.38. The van der Waals surface area contributed by atoms with Gasteiger partial charge in [-0.05, 0) is 18.8 Å². The van der Waals surface area contributed by atoms with Crippen LogP contribution < -0.4 is 10.2 Å². The Bertz CT molecular complexity index is 533. The lowest BCUT2D eigenvalue weighted by atomic mass is 9.99. The van der Waals surface area contributed by atoms with E-state index in [0.29, 0.717) is 11.6 Å². The minimum Gasteiger partial charge on any atom is -0.487 e. The van der Waals surface area contributed by atoms with Crippen molar-refractivity contribution in [1.29, 1.82) is 0 Å². The third-order valence-electron chi connectivity index (χ3n) is 3.82. The fraction of sp³-hybridized carbons (Fsp3) is 0.600. The molecule has 1 aromatic rings. The number of likely N-dealkylation sites (tertiary alicyclic amines) is 1. The quantitative estimate of drug-likeness (QED) is 0.845. The number of ether oxygens (including phenoxy) is 1. The number of aliphatic hydroxyl groups excluding tert-OH is 1. The highest BCUT2D eigenvalue weighted by molar-refractivity contribution is 5.76. The van der Waals surface area contributed by atoms with Crippen molar-refractivity contribution < 1.29 is 14.6 Å². The molecule has 1 saturated heterocycles. The number of carbonyl (C=O) groups is 1. The predicted octanol–water partition coefficient (Wildman–Crippen LogP) is 0.895. The Morgan fingerprint density at radius 1 is 1.48 bits per heavy atom. The van der Waals surface area contributed by atoms with Gasteiger partial charge in [-0.2, -0.15) is 0 Å². The van der Waals surface area contributed by atoms with Crippen molar-refractivity contribution in [3.05, 3.63) is 28.2 Å². The first kappa shape index (κ1) is 15.6. The predicted molar refractivity (Wildman–Crippen MR) is 78.1 cm³/mol. The van der Waals surface area contributed by atoms with Gasteiger partial charge in [-0.3, -0.25) is 9.59 Å². The second-order valence-corrected chi connectivity index (χ2v) is 5.51. The van der Waals surface area contributed by atoms with Crippen LogP contribution in [0.5, 0.6) is 5.75 Å². The third-order valence-corrected chi connectivity index (χ3v) is 3.82. The summed E-state index contributed by atoms with van der Waals surface area (Å²) in [6.45, 7) is 3.79. The van der Waals surface area contributed by atoms with Gasteiger partial charge in [0.25, 0.3) is 0 Å². The van der Waals surface area contributed by atoms with Crippen LogP contribution in [0.25, 0.3) is 0 Å². The summed E-state index contributed by atoms with van der Waals surface area (Å²) in [5.74, 6) is 0.937. The summed E-state index contributed by atoms with van der Waals surface area (Å²) >= 11 is 0. The summed E-state index contributed by atoms with van der Waals surface area (Å²) in [4.78, 5) is 28.3. The van der Waals surface area contributed by atoms with E-state index in [2.05, 4.69) is 11.9 Å². The number of hydrogen-bond donors (Lipinski definition) is 2. The molecule has 1 aliphatic heterocycles. The molecule has 21 heavy (non-hydrogen) atoms. The van der Waals surface area contributed by atoms with E-state index in [-0.39, 0.29) is 36.7 Å². The van der Waals surface area contributed by atoms with Crippen LogP contribution in [-0.2, 0) is 11.4 Å². The van der Waals surface area contributed by atoms with Gasteiger partial charge in [-0.1, -0.05) is 6.92 Å². The van der Waals surface area contributed by atoms with Crippen LogP contribution in [-0.4, -0.2) is 40.6 Å². The highest BCUT2D eigenvalue weighted by Crippen LogP contribution is 2.16. The Kier molecular flexibility index (Phi) is 5.38. The minimum absolute atomic E-state index is 0.0744. The Morgan fingerprint density at radius 2 is 2.19 bits per heavy atom. The number of carbonyl (C=O) groups excluding carboxylic acids is 1. The van der Waals surface area contributed by atoms with Gasteiger partial charge in [-0.25, -0.2) is 0 Å². The highest BCUT2D eigenvalue weighted by Gasteiger charge is 2.19. The molecule has 0 atom stereocenters. The highest BCUT2D eigenvalue weighted by atomic mass is 16.5. The van der Waals surface area contributed by atoms with Gasteiger partial charge in [0, 0.05) is 31.0 Å². The number of aromatic nitrogens is 1. The van der Waals surface area contributed by atoms with E-state index in [1.807, 2.05) is 4.90 Å². The number of aliphatic hydroxyl groups is 1. The smallest absolute Gasteiger partial charge is 0.225 e. The second-order valence-electron chi connectivity index (χ2n) is 5.51. The summed E-state index contributed by atoms with van der Waals surface area (Å²) in [5, 5.41) is 8.90. The first-order chi connectivity index (χ1) is 10.1. The fourth-order valence-electron chi connectivity index (χ4n) is 2.37. The van der Waals surface area contributed by atoms with E-state index in [0.717, 1.165) is 25.9 Å². The van der Waals surface area contributed by atoms with Crippen LogP contribution in [0.3, 0.4) is 0 Å². The zero-order valence-electron chi connectivity index (χ0n) is 12.3. The monoisotopic (exact) mass is 294 g/mol. The molecule has 0 radical (unpaired) electrons. The van der Waals surface area contributed by atoms with Crippen LogP contribution in [0, 0.1) is 5.92 Å². The molecule has 1 aromatic heterocycles. The van der Waals surface area contributed by atoms with Gasteiger partial charge in [0.2, 0.25) is 11.3 Å². The molecule has 0 saturated carbocycles. The Morgan fingerprint density at radius 3 is 2.81 bits per heavy atom. The van der Waals surface area contributed by atoms with Crippen molar-refractivity contribution in [2.24, 2.45) is 5.92 Å². The van der Waals surface area contributed by atoms with Gasteiger partial charge in [0.15, 0.2) is 5.75 Å². The molecule has 1 fully saturated rings. The molecule has 0 unspecified atom stereocenters. The number of amides is 1. The molecule has 0 aliphatic carbocycles. The van der Waals surface area contributed by atoms with Gasteiger partial charge in [0.05, 0.1) is 19.6 Å². The summed E-state index contributed by atoms with van der Waals surface area (Å²) in [6.07, 6.45) is 3.79. The number of H-pyrrole nitrogens is 1.